The smallest absolute Gasteiger partial charge is 0.264 e. The van der Waals surface area contributed by atoms with Crippen LogP contribution in [0.3, 0.4) is 0 Å². The maximum absolute atomic E-state index is 13.9. The predicted octanol–water partition coefficient (Wildman–Crippen LogP) is 4.66. The molecule has 0 atom stereocenters. The van der Waals surface area contributed by atoms with Crippen molar-refractivity contribution >= 4 is 27.2 Å². The van der Waals surface area contributed by atoms with Gasteiger partial charge in [0.15, 0.2) is 0 Å². The predicted molar refractivity (Wildman–Crippen MR) is 140 cm³/mol. The van der Waals surface area contributed by atoms with Crippen LogP contribution >= 0.6 is 0 Å². The summed E-state index contributed by atoms with van der Waals surface area (Å²) in [5.74, 6) is -0.207. The number of aromatic nitrogens is 2. The average Bonchev–Trinajstić information content (AvgIpc) is 2.91. The highest BCUT2D eigenvalue weighted by molar-refractivity contribution is 7.92. The van der Waals surface area contributed by atoms with E-state index < -0.39 is 20.7 Å². The van der Waals surface area contributed by atoms with Gasteiger partial charge < -0.3 is 10.1 Å². The van der Waals surface area contributed by atoms with Gasteiger partial charge in [-0.25, -0.2) is 22.8 Å². The zero-order chi connectivity index (χ0) is 25.7. The van der Waals surface area contributed by atoms with E-state index in [0.717, 1.165) is 50.2 Å². The summed E-state index contributed by atoms with van der Waals surface area (Å²) in [6, 6.07) is 22.0. The van der Waals surface area contributed by atoms with E-state index in [1.54, 1.807) is 24.3 Å². The topological polar surface area (TPSA) is 96.5 Å². The van der Waals surface area contributed by atoms with E-state index in [1.165, 1.54) is 30.1 Å². The molecule has 1 saturated heterocycles. The first-order chi connectivity index (χ1) is 18.0. The van der Waals surface area contributed by atoms with Gasteiger partial charge in [0.1, 0.15) is 22.9 Å². The molecular weight excluding hydrogens is 493 g/mol. The van der Waals surface area contributed by atoms with Gasteiger partial charge in [0, 0.05) is 42.6 Å². The average molecular weight is 520 g/mol. The van der Waals surface area contributed by atoms with Crippen LogP contribution in [-0.2, 0) is 21.3 Å². The summed E-state index contributed by atoms with van der Waals surface area (Å²) in [6.07, 6.45) is 1.50. The number of rotatable bonds is 8. The number of hydrogen-bond donors (Lipinski definition) is 2. The highest BCUT2D eigenvalue weighted by Crippen LogP contribution is 2.24. The van der Waals surface area contributed by atoms with Crippen molar-refractivity contribution in [2.75, 3.05) is 36.3 Å². The van der Waals surface area contributed by atoms with Crippen molar-refractivity contribution in [2.45, 2.75) is 11.4 Å². The fourth-order valence-electron chi connectivity index (χ4n) is 4.02. The fourth-order valence-corrected chi connectivity index (χ4v) is 5.16. The molecule has 3 aromatic carbocycles. The van der Waals surface area contributed by atoms with Crippen LogP contribution in [0.15, 0.2) is 90.1 Å². The van der Waals surface area contributed by atoms with Crippen molar-refractivity contribution in [2.24, 2.45) is 0 Å². The Morgan fingerprint density at radius 1 is 0.892 bits per heavy atom. The molecule has 1 fully saturated rings. The Morgan fingerprint density at radius 2 is 1.59 bits per heavy atom. The van der Waals surface area contributed by atoms with Gasteiger partial charge in [-0.15, -0.1) is 0 Å². The Labute approximate surface area is 215 Å². The van der Waals surface area contributed by atoms with Gasteiger partial charge in [-0.2, -0.15) is 0 Å². The monoisotopic (exact) mass is 519 g/mol. The number of morpholine rings is 1. The molecule has 2 N–H and O–H groups in total. The lowest BCUT2D eigenvalue weighted by Gasteiger charge is -2.26. The molecule has 0 saturated carbocycles. The molecule has 0 radical (unpaired) electrons. The fraction of sp³-hybridized carbons (Fsp3) is 0.185. The second-order valence-electron chi connectivity index (χ2n) is 8.61. The molecule has 0 bridgehead atoms. The van der Waals surface area contributed by atoms with Crippen LogP contribution in [0.2, 0.25) is 0 Å². The maximum atomic E-state index is 13.9. The van der Waals surface area contributed by atoms with Gasteiger partial charge in [-0.1, -0.05) is 36.4 Å². The molecule has 190 valence electrons. The molecule has 5 rings (SSSR count). The number of anilines is 3. The first kappa shape index (κ1) is 24.8. The molecule has 0 aliphatic carbocycles. The van der Waals surface area contributed by atoms with E-state index in [0.29, 0.717) is 17.2 Å². The SMILES string of the molecule is O=S(=O)(Nc1ccc(Nc2cc(-c3ccc(CN4CCOCC4)cc3)ncn2)cc1)c1ccccc1F. The lowest BCUT2D eigenvalue weighted by Crippen LogP contribution is -2.35. The minimum Gasteiger partial charge on any atom is -0.379 e. The third-order valence-electron chi connectivity index (χ3n) is 5.96. The van der Waals surface area contributed by atoms with E-state index in [4.69, 9.17) is 4.74 Å². The zero-order valence-corrected chi connectivity index (χ0v) is 20.8. The third-order valence-corrected chi connectivity index (χ3v) is 7.38. The molecule has 8 nitrogen and oxygen atoms in total. The van der Waals surface area contributed by atoms with Crippen molar-refractivity contribution in [1.29, 1.82) is 0 Å². The quantitative estimate of drug-likeness (QED) is 0.350. The normalized spacial score (nSPS) is 14.3. The number of ether oxygens (including phenoxy) is 1. The molecule has 1 aromatic heterocycles. The molecule has 4 aromatic rings. The molecule has 2 heterocycles. The summed E-state index contributed by atoms with van der Waals surface area (Å²) in [5.41, 5.74) is 4.02. The van der Waals surface area contributed by atoms with Gasteiger partial charge in [-0.05, 0) is 42.0 Å². The lowest BCUT2D eigenvalue weighted by atomic mass is 10.1. The van der Waals surface area contributed by atoms with E-state index in [-0.39, 0.29) is 0 Å². The first-order valence-corrected chi connectivity index (χ1v) is 13.3. The zero-order valence-electron chi connectivity index (χ0n) is 20.0. The second kappa shape index (κ2) is 11.0. The third kappa shape index (κ3) is 6.29. The molecule has 1 aliphatic heterocycles. The van der Waals surface area contributed by atoms with Crippen LogP contribution in [0.25, 0.3) is 11.3 Å². The van der Waals surface area contributed by atoms with E-state index in [9.17, 15) is 12.8 Å². The lowest BCUT2D eigenvalue weighted by molar-refractivity contribution is 0.0342. The Kier molecular flexibility index (Phi) is 7.40. The standard InChI is InChI=1S/C27H26FN5O3S/c28-24-3-1-2-4-26(24)37(34,35)32-23-11-9-22(10-12-23)31-27-17-25(29-19-30-27)21-7-5-20(6-8-21)18-33-13-15-36-16-14-33/h1-12,17,19,32H,13-16,18H2,(H,29,30,31). The molecule has 37 heavy (non-hydrogen) atoms. The van der Waals surface area contributed by atoms with Gasteiger partial charge in [0.05, 0.1) is 18.9 Å². The van der Waals surface area contributed by atoms with Crippen molar-refractivity contribution in [3.63, 3.8) is 0 Å². The minimum atomic E-state index is -4.04. The Bertz CT molecular complexity index is 1460. The number of halogens is 1. The summed E-state index contributed by atoms with van der Waals surface area (Å²) in [5, 5.41) is 3.20. The molecule has 0 amide bonds. The van der Waals surface area contributed by atoms with Crippen LogP contribution in [-0.4, -0.2) is 49.6 Å². The largest absolute Gasteiger partial charge is 0.379 e. The Balaban J connectivity index is 1.23. The molecule has 0 unspecified atom stereocenters. The molecule has 10 heteroatoms. The Morgan fingerprint density at radius 3 is 2.32 bits per heavy atom. The number of benzene rings is 3. The summed E-state index contributed by atoms with van der Waals surface area (Å²) >= 11 is 0. The summed E-state index contributed by atoms with van der Waals surface area (Å²) in [6.45, 7) is 4.34. The molecule has 0 spiro atoms. The summed E-state index contributed by atoms with van der Waals surface area (Å²) < 4.78 is 46.7. The van der Waals surface area contributed by atoms with Crippen molar-refractivity contribution in [3.05, 3.63) is 96.6 Å². The van der Waals surface area contributed by atoms with Crippen molar-refractivity contribution < 1.29 is 17.5 Å². The molecule has 1 aliphatic rings. The van der Waals surface area contributed by atoms with Crippen LogP contribution in [0, 0.1) is 5.82 Å². The van der Waals surface area contributed by atoms with E-state index in [1.807, 2.05) is 6.07 Å². The summed E-state index contributed by atoms with van der Waals surface area (Å²) in [7, 11) is -4.04. The minimum absolute atomic E-state index is 0.314. The van der Waals surface area contributed by atoms with Gasteiger partial charge in [0.2, 0.25) is 0 Å². The molecular formula is C27H26FN5O3S. The Hall–Kier alpha value is -3.86. The number of hydrogen-bond acceptors (Lipinski definition) is 7. The highest BCUT2D eigenvalue weighted by atomic mass is 32.2. The van der Waals surface area contributed by atoms with E-state index in [2.05, 4.69) is 49.2 Å². The van der Waals surface area contributed by atoms with E-state index >= 15 is 0 Å². The second-order valence-corrected chi connectivity index (χ2v) is 10.3. The van der Waals surface area contributed by atoms with Gasteiger partial charge in [0.25, 0.3) is 10.0 Å². The van der Waals surface area contributed by atoms with Gasteiger partial charge >= 0.3 is 0 Å². The van der Waals surface area contributed by atoms with Crippen LogP contribution in [0.4, 0.5) is 21.6 Å². The van der Waals surface area contributed by atoms with Crippen LogP contribution in [0.1, 0.15) is 5.56 Å². The number of nitrogens with one attached hydrogen (secondary N) is 2. The number of sulfonamides is 1. The first-order valence-electron chi connectivity index (χ1n) is 11.8. The maximum Gasteiger partial charge on any atom is 0.264 e. The number of nitrogens with zero attached hydrogens (tertiary/aromatic N) is 3. The van der Waals surface area contributed by atoms with Crippen LogP contribution < -0.4 is 10.0 Å². The van der Waals surface area contributed by atoms with Crippen molar-refractivity contribution in [3.8, 4) is 11.3 Å². The van der Waals surface area contributed by atoms with Crippen LogP contribution in [0.5, 0.6) is 0 Å². The van der Waals surface area contributed by atoms with Gasteiger partial charge in [-0.3, -0.25) is 9.62 Å². The summed E-state index contributed by atoms with van der Waals surface area (Å²) in [4.78, 5) is 10.7. The highest BCUT2D eigenvalue weighted by Gasteiger charge is 2.18. The van der Waals surface area contributed by atoms with Crippen molar-refractivity contribution in [1.82, 2.24) is 14.9 Å².